The van der Waals surface area contributed by atoms with Crippen molar-refractivity contribution in [3.05, 3.63) is 265 Å². The summed E-state index contributed by atoms with van der Waals surface area (Å²) in [5, 5.41) is 36.5. The zero-order valence-corrected chi connectivity index (χ0v) is 57.2. The number of oxazole rings is 2. The van der Waals surface area contributed by atoms with Gasteiger partial charge in [0.2, 0.25) is 12.3 Å². The van der Waals surface area contributed by atoms with Gasteiger partial charge in [-0.1, -0.05) is 11.2 Å². The van der Waals surface area contributed by atoms with Crippen LogP contribution >= 0.6 is 56.9 Å². The Labute approximate surface area is 544 Å². The third-order valence-electron chi connectivity index (χ3n) is 8.82. The van der Waals surface area contributed by atoms with E-state index in [-0.39, 0.29) is 0 Å². The average molecular weight is 1320 g/mol. The lowest BCUT2D eigenvalue weighted by Gasteiger charge is -1.70. The lowest BCUT2D eigenvalue weighted by molar-refractivity contribution is 0.397. The van der Waals surface area contributed by atoms with Crippen molar-refractivity contribution in [3.8, 4) is 0 Å². The van der Waals surface area contributed by atoms with Crippen molar-refractivity contribution in [1.29, 1.82) is 0 Å². The maximum absolute atomic E-state index is 4.83. The van der Waals surface area contributed by atoms with Crippen LogP contribution in [0.4, 0.5) is 0 Å². The number of rotatable bonds is 0. The number of thiazole rings is 2. The molecule has 0 unspecified atom stereocenters. The van der Waals surface area contributed by atoms with Gasteiger partial charge in [-0.05, 0) is 149 Å². The summed E-state index contributed by atoms with van der Waals surface area (Å²) in [7, 11) is 0. The van der Waals surface area contributed by atoms with Gasteiger partial charge in [0, 0.05) is 107 Å². The molecule has 0 aromatic carbocycles. The van der Waals surface area contributed by atoms with E-state index < -0.39 is 0 Å². The van der Waals surface area contributed by atoms with Crippen LogP contribution in [0.3, 0.4) is 0 Å². The predicted molar refractivity (Wildman–Crippen MR) is 357 cm³/mol. The van der Waals surface area contributed by atoms with Crippen molar-refractivity contribution in [2.24, 2.45) is 0 Å². The van der Waals surface area contributed by atoms with E-state index in [1.807, 2.05) is 143 Å². The van der Waals surface area contributed by atoms with Gasteiger partial charge in [-0.25, -0.2) is 29.3 Å². The molecule has 0 saturated heterocycles. The zero-order valence-electron chi connectivity index (χ0n) is 53.1. The summed E-state index contributed by atoms with van der Waals surface area (Å²) in [6.45, 7) is 29.0. The Morgan fingerprint density at radius 3 is 1.42 bits per heavy atom. The highest BCUT2D eigenvalue weighted by atomic mass is 32.1. The first-order valence-electron chi connectivity index (χ1n) is 26.8. The number of hydrogen-bond donors (Lipinski definition) is 5. The Morgan fingerprint density at radius 1 is 0.422 bits per heavy atom. The fourth-order valence-electron chi connectivity index (χ4n) is 4.57. The number of aromatic nitrogens is 20. The topological polar surface area (TPSA) is 338 Å². The van der Waals surface area contributed by atoms with Crippen molar-refractivity contribution in [2.75, 3.05) is 0 Å². The van der Waals surface area contributed by atoms with Crippen molar-refractivity contribution in [2.45, 2.75) is 104 Å². The molecule has 15 heterocycles. The number of furan rings is 1. The summed E-state index contributed by atoms with van der Waals surface area (Å²) in [5.74, 6) is 5.83. The minimum atomic E-state index is 0.606. The predicted octanol–water partition coefficient (Wildman–Crippen LogP) is 15.8. The fraction of sp³-hybridized carbons (Fsp3) is 0.250. The van der Waals surface area contributed by atoms with Gasteiger partial charge in [0.25, 0.3) is 0 Å². The van der Waals surface area contributed by atoms with Crippen LogP contribution in [-0.2, 0) is 0 Å². The van der Waals surface area contributed by atoms with Crippen LogP contribution in [0.15, 0.2) is 205 Å². The number of aryl methyl sites for hydroxylation is 15. The number of thiophene rings is 1. The van der Waals surface area contributed by atoms with E-state index in [0.29, 0.717) is 5.89 Å². The van der Waals surface area contributed by atoms with Gasteiger partial charge >= 0.3 is 0 Å². The van der Waals surface area contributed by atoms with Crippen LogP contribution < -0.4 is 0 Å². The maximum Gasteiger partial charge on any atom is 0.213 e. The van der Waals surface area contributed by atoms with Crippen LogP contribution in [0.1, 0.15) is 82.4 Å². The molecule has 5 N–H and O–H groups in total. The fourth-order valence-corrected chi connectivity index (χ4v) is 6.70. The van der Waals surface area contributed by atoms with E-state index in [4.69, 9.17) is 13.3 Å². The molecule has 0 bridgehead atoms. The molecule has 0 radical (unpaired) electrons. The summed E-state index contributed by atoms with van der Waals surface area (Å²) in [6.07, 6.45) is 28.4. The number of nitrogens with zero attached hydrogens (tertiary/aromatic N) is 15. The number of aromatic amines is 5. The Hall–Kier alpha value is -9.75. The van der Waals surface area contributed by atoms with Gasteiger partial charge in [-0.2, -0.15) is 10.2 Å². The quantitative estimate of drug-likeness (QED) is 0.0941. The monoisotopic (exact) mass is 1320 g/mol. The summed E-state index contributed by atoms with van der Waals surface area (Å²) >= 11 is 8.19. The van der Waals surface area contributed by atoms with Gasteiger partial charge in [0.05, 0.1) is 41.7 Å². The maximum atomic E-state index is 4.83. The summed E-state index contributed by atoms with van der Waals surface area (Å²) < 4.78 is 27.3. The largest absolute Gasteiger partial charge is 0.470 e. The van der Waals surface area contributed by atoms with Crippen molar-refractivity contribution < 1.29 is 22.2 Å². The molecule has 480 valence electrons. The van der Waals surface area contributed by atoms with Gasteiger partial charge in [0.15, 0.2) is 12.3 Å². The normalized spacial score (nSPS) is 8.83. The van der Waals surface area contributed by atoms with Gasteiger partial charge in [0.1, 0.15) is 52.0 Å². The molecule has 0 aliphatic carbocycles. The summed E-state index contributed by atoms with van der Waals surface area (Å²) in [6, 6.07) is 17.7. The second kappa shape index (κ2) is 53.5. The first-order valence-corrected chi connectivity index (χ1v) is 31.1. The molecule has 90 heavy (non-hydrogen) atoms. The van der Waals surface area contributed by atoms with Gasteiger partial charge in [-0.3, -0.25) is 20.2 Å². The van der Waals surface area contributed by atoms with Crippen LogP contribution in [0, 0.1) is 104 Å². The first kappa shape index (κ1) is 78.3. The van der Waals surface area contributed by atoms with E-state index in [0.717, 1.165) is 56.2 Å². The smallest absolute Gasteiger partial charge is 0.213 e. The third-order valence-corrected chi connectivity index (χ3v) is 12.3. The first-order chi connectivity index (χ1) is 43.4. The number of imidazole rings is 2. The molecule has 15 aromatic heterocycles. The van der Waals surface area contributed by atoms with Crippen LogP contribution in [0.2, 0.25) is 0 Å². The highest BCUT2D eigenvalue weighted by molar-refractivity contribution is 7.10. The number of H-pyrrole nitrogens is 5. The van der Waals surface area contributed by atoms with E-state index in [1.165, 1.54) is 51.0 Å². The van der Waals surface area contributed by atoms with E-state index in [2.05, 4.69) is 134 Å². The molecule has 0 saturated carbocycles. The zero-order chi connectivity index (χ0) is 66.1. The van der Waals surface area contributed by atoms with Gasteiger partial charge in [-0.15, -0.1) is 65.7 Å². The van der Waals surface area contributed by atoms with Crippen molar-refractivity contribution in [3.63, 3.8) is 0 Å². The second-order valence-corrected chi connectivity index (χ2v) is 22.4. The lowest BCUT2D eigenvalue weighted by Crippen LogP contribution is -1.68. The van der Waals surface area contributed by atoms with Crippen LogP contribution in [-0.4, -0.2) is 100 Å². The molecule has 30 heteroatoms. The Bertz CT molecular complexity index is 2620. The van der Waals surface area contributed by atoms with E-state index >= 15 is 0 Å². The van der Waals surface area contributed by atoms with E-state index in [1.54, 1.807) is 145 Å². The van der Waals surface area contributed by atoms with Gasteiger partial charge < -0.3 is 37.1 Å². The molecule has 0 spiro atoms. The lowest BCUT2D eigenvalue weighted by atomic mass is 10.5. The Kier molecular flexibility index (Phi) is 46.5. The molecule has 0 amide bonds. The van der Waals surface area contributed by atoms with E-state index in [9.17, 15) is 0 Å². The summed E-state index contributed by atoms with van der Waals surface area (Å²) in [4.78, 5) is 39.3. The number of hydrogen-bond acceptors (Lipinski definition) is 25. The molecule has 15 rings (SSSR count). The average Bonchev–Trinajstić information content (AvgIpc) is 4.31. The van der Waals surface area contributed by atoms with Crippen molar-refractivity contribution >= 4 is 56.9 Å². The highest BCUT2D eigenvalue weighted by Gasteiger charge is 1.84. The second-order valence-electron chi connectivity index (χ2n) is 17.0. The molecule has 0 aliphatic rings. The molecule has 0 fully saturated rings. The Balaban J connectivity index is 0.000000482. The third kappa shape index (κ3) is 51.5. The molecular formula is C60H80N20O5S5. The molecule has 25 nitrogen and oxygen atoms in total. The molecule has 0 aliphatic heterocycles. The SMILES string of the molecule is Cc1ccc[nH]1.Cc1ccco1.Cc1cccs1.Cc1ccn[nH]1.Cc1ccno1.Cc1ccns1.Cc1cnc[nH]1.Cc1cnco1.Cc1cncs1.Cc1ncc[nH]1.Cc1ncco1.Cc1nccs1.Cc1ncn[nH]1.Cc1nnco1.Cc1nncs1. The summed E-state index contributed by atoms with van der Waals surface area (Å²) in [5.41, 5.74) is 6.98. The minimum absolute atomic E-state index is 0.606. The molecule has 0 atom stereocenters. The number of nitrogens with one attached hydrogen (secondary N) is 5. The minimum Gasteiger partial charge on any atom is -0.470 e. The Morgan fingerprint density at radius 2 is 1.26 bits per heavy atom. The standard InChI is InChI=1S/C5H7N.C5H6O.C5H6S.3C4H6N2.3C4H5NO.3C4H5NS.C3H5N3.C3H4N2O.C3H4N2S/c3*1-5-3-2-4-6-5;1-4-2-5-3-6-4;1-4-5-2-3-6-4;1-4-2-3-5-6-4;1-4-2-5-3-6-4;1-4-5-2-3-6-4;1-4-2-3-5-6-4;1-4-2-5-3-6-4;1-4-5-2-3-6-4;1-4-2-3-5-6-4;1-3-4-2-5-6-3;2*1-3-5-4-2-6-3/h2-4,6H,1H3;2*2-4H,1H3;3*2-3H,1H3,(H,5,6);6*2-3H,1H3;2H,1H3,(H,4,5,6);2*2H,1H3. The molecule has 15 aromatic rings. The molecular weight excluding hydrogens is 1240 g/mol. The van der Waals surface area contributed by atoms with Crippen LogP contribution in [0.25, 0.3) is 0 Å². The van der Waals surface area contributed by atoms with Crippen molar-refractivity contribution in [1.82, 2.24) is 100 Å². The van der Waals surface area contributed by atoms with Crippen LogP contribution in [0.5, 0.6) is 0 Å². The highest BCUT2D eigenvalue weighted by Crippen LogP contribution is 2.04.